The number of aliphatic imine (C=N–C) groups is 1. The molecule has 4 rings (SSSR count). The maximum absolute atomic E-state index is 6.51. The summed E-state index contributed by atoms with van der Waals surface area (Å²) < 4.78 is 6.51. The molecule has 0 aromatic heterocycles. The molecule has 1 saturated carbocycles. The van der Waals surface area contributed by atoms with Crippen LogP contribution in [0.5, 0.6) is 5.75 Å². The molecule has 2 N–H and O–H groups in total. The van der Waals surface area contributed by atoms with Crippen molar-refractivity contribution in [2.45, 2.75) is 63.6 Å². The van der Waals surface area contributed by atoms with Crippen molar-refractivity contribution in [3.63, 3.8) is 0 Å². The summed E-state index contributed by atoms with van der Waals surface area (Å²) in [5.74, 6) is 1.93. The van der Waals surface area contributed by atoms with Crippen LogP contribution in [0.2, 0.25) is 0 Å². The standard InChI is InChI=1S/C24H39N5O/c1-4-28-13-15-29(16-14-28)19(2)18-26-23(25-3)27-21-17-24(11-7-8-12-24)30-22-10-6-5-9-20(21)22/h5-6,9-10,19,21H,4,7-8,11-18H2,1-3H3,(H2,25,26,27). The fourth-order valence-corrected chi connectivity index (χ4v) is 5.33. The van der Waals surface area contributed by atoms with Gasteiger partial charge in [0.1, 0.15) is 11.4 Å². The number of nitrogens with zero attached hydrogens (tertiary/aromatic N) is 3. The molecular weight excluding hydrogens is 374 g/mol. The van der Waals surface area contributed by atoms with Gasteiger partial charge in [-0.3, -0.25) is 9.89 Å². The molecule has 0 bridgehead atoms. The van der Waals surface area contributed by atoms with E-state index in [0.29, 0.717) is 6.04 Å². The zero-order chi connectivity index (χ0) is 21.0. The summed E-state index contributed by atoms with van der Waals surface area (Å²) in [4.78, 5) is 9.65. The van der Waals surface area contributed by atoms with E-state index in [1.54, 1.807) is 0 Å². The van der Waals surface area contributed by atoms with Crippen molar-refractivity contribution in [2.75, 3.05) is 46.3 Å². The number of fused-ring (bicyclic) bond motifs is 1. The Morgan fingerprint density at radius 2 is 1.93 bits per heavy atom. The van der Waals surface area contributed by atoms with Gasteiger partial charge < -0.3 is 20.3 Å². The maximum atomic E-state index is 6.51. The number of likely N-dealkylation sites (N-methyl/N-ethyl adjacent to an activating group) is 1. The van der Waals surface area contributed by atoms with Gasteiger partial charge in [-0.25, -0.2) is 0 Å². The summed E-state index contributed by atoms with van der Waals surface area (Å²) in [5.41, 5.74) is 1.25. The maximum Gasteiger partial charge on any atom is 0.191 e. The van der Waals surface area contributed by atoms with Gasteiger partial charge >= 0.3 is 0 Å². The summed E-state index contributed by atoms with van der Waals surface area (Å²) >= 11 is 0. The first kappa shape index (κ1) is 21.4. The molecule has 6 heteroatoms. The molecule has 0 radical (unpaired) electrons. The highest BCUT2D eigenvalue weighted by atomic mass is 16.5. The zero-order valence-electron chi connectivity index (χ0n) is 19.0. The van der Waals surface area contributed by atoms with Crippen molar-refractivity contribution < 1.29 is 4.74 Å². The van der Waals surface area contributed by atoms with Crippen molar-refractivity contribution in [1.82, 2.24) is 20.4 Å². The molecule has 30 heavy (non-hydrogen) atoms. The second-order valence-electron chi connectivity index (χ2n) is 9.20. The number of ether oxygens (including phenoxy) is 1. The minimum Gasteiger partial charge on any atom is -0.487 e. The van der Waals surface area contributed by atoms with Crippen molar-refractivity contribution in [3.8, 4) is 5.75 Å². The Morgan fingerprint density at radius 1 is 1.20 bits per heavy atom. The van der Waals surface area contributed by atoms with Gasteiger partial charge in [0, 0.05) is 57.8 Å². The molecule has 166 valence electrons. The summed E-state index contributed by atoms with van der Waals surface area (Å²) in [6, 6.07) is 9.23. The third kappa shape index (κ3) is 4.75. The molecule has 1 aliphatic carbocycles. The molecule has 1 saturated heterocycles. The van der Waals surface area contributed by atoms with Gasteiger partial charge in [0.05, 0.1) is 6.04 Å². The number of guanidine groups is 1. The fraction of sp³-hybridized carbons (Fsp3) is 0.708. The lowest BCUT2D eigenvalue weighted by atomic mass is 9.86. The smallest absolute Gasteiger partial charge is 0.191 e. The number of nitrogens with one attached hydrogen (secondary N) is 2. The minimum atomic E-state index is -0.00286. The van der Waals surface area contributed by atoms with Crippen LogP contribution in [0.25, 0.3) is 0 Å². The van der Waals surface area contributed by atoms with Crippen LogP contribution in [0.15, 0.2) is 29.3 Å². The molecule has 1 spiro atoms. The van der Waals surface area contributed by atoms with E-state index >= 15 is 0 Å². The van der Waals surface area contributed by atoms with Gasteiger partial charge in [-0.2, -0.15) is 0 Å². The Hall–Kier alpha value is -1.79. The van der Waals surface area contributed by atoms with Gasteiger partial charge in [-0.05, 0) is 45.2 Å². The van der Waals surface area contributed by atoms with Crippen LogP contribution < -0.4 is 15.4 Å². The summed E-state index contributed by atoms with van der Waals surface area (Å²) in [7, 11) is 1.87. The Labute approximate surface area is 182 Å². The lowest BCUT2D eigenvalue weighted by molar-refractivity contribution is 0.0395. The molecule has 3 aliphatic rings. The van der Waals surface area contributed by atoms with E-state index < -0.39 is 0 Å². The van der Waals surface area contributed by atoms with Gasteiger partial charge in [-0.15, -0.1) is 0 Å². The van der Waals surface area contributed by atoms with Crippen LogP contribution in [0, 0.1) is 0 Å². The predicted molar refractivity (Wildman–Crippen MR) is 123 cm³/mol. The van der Waals surface area contributed by atoms with Gasteiger partial charge in [0.25, 0.3) is 0 Å². The van der Waals surface area contributed by atoms with Crippen molar-refractivity contribution in [1.29, 1.82) is 0 Å². The quantitative estimate of drug-likeness (QED) is 0.574. The van der Waals surface area contributed by atoms with E-state index in [-0.39, 0.29) is 11.6 Å². The van der Waals surface area contributed by atoms with Crippen molar-refractivity contribution >= 4 is 5.96 Å². The topological polar surface area (TPSA) is 52.1 Å². The normalized spacial score (nSPS) is 25.6. The van der Waals surface area contributed by atoms with E-state index in [1.807, 2.05) is 7.05 Å². The second kappa shape index (κ2) is 9.56. The van der Waals surface area contributed by atoms with Crippen molar-refractivity contribution in [2.24, 2.45) is 4.99 Å². The third-order valence-corrected chi connectivity index (χ3v) is 7.29. The first-order chi connectivity index (χ1) is 14.6. The summed E-state index contributed by atoms with van der Waals surface area (Å²) in [5, 5.41) is 7.31. The molecule has 1 aromatic rings. The van der Waals surface area contributed by atoms with E-state index in [2.05, 4.69) is 63.5 Å². The molecular formula is C24H39N5O. The lowest BCUT2D eigenvalue weighted by Gasteiger charge is -2.41. The first-order valence-electron chi connectivity index (χ1n) is 11.8. The fourth-order valence-electron chi connectivity index (χ4n) is 5.33. The largest absolute Gasteiger partial charge is 0.487 e. The number of piperazine rings is 1. The van der Waals surface area contributed by atoms with Crippen LogP contribution >= 0.6 is 0 Å². The van der Waals surface area contributed by atoms with Crippen LogP contribution in [-0.4, -0.2) is 73.7 Å². The number of para-hydroxylation sites is 1. The van der Waals surface area contributed by atoms with Crippen LogP contribution in [0.4, 0.5) is 0 Å². The lowest BCUT2D eigenvalue weighted by Crippen LogP contribution is -2.53. The number of hydrogen-bond acceptors (Lipinski definition) is 4. The SMILES string of the molecule is CCN1CCN(C(C)CNC(=NC)NC2CC3(CCCC3)Oc3ccccc32)CC1. The summed E-state index contributed by atoms with van der Waals surface area (Å²) in [6.07, 6.45) is 5.87. The molecule has 2 fully saturated rings. The second-order valence-corrected chi connectivity index (χ2v) is 9.20. The van der Waals surface area contributed by atoms with Crippen molar-refractivity contribution in [3.05, 3.63) is 29.8 Å². The highest BCUT2D eigenvalue weighted by molar-refractivity contribution is 5.80. The zero-order valence-corrected chi connectivity index (χ0v) is 19.0. The molecule has 1 aromatic carbocycles. The molecule has 2 unspecified atom stereocenters. The Morgan fingerprint density at radius 3 is 2.63 bits per heavy atom. The third-order valence-electron chi connectivity index (χ3n) is 7.29. The molecule has 2 atom stereocenters. The van der Waals surface area contributed by atoms with Gasteiger partial charge in [0.2, 0.25) is 0 Å². The Balaban J connectivity index is 1.36. The number of benzene rings is 1. The molecule has 6 nitrogen and oxygen atoms in total. The van der Waals surface area contributed by atoms with E-state index in [9.17, 15) is 0 Å². The average Bonchev–Trinajstić information content (AvgIpc) is 3.23. The van der Waals surface area contributed by atoms with E-state index in [1.165, 1.54) is 31.5 Å². The van der Waals surface area contributed by atoms with Crippen LogP contribution in [-0.2, 0) is 0 Å². The Bertz CT molecular complexity index is 722. The Kier molecular flexibility index (Phi) is 6.84. The monoisotopic (exact) mass is 413 g/mol. The summed E-state index contributed by atoms with van der Waals surface area (Å²) in [6.45, 7) is 11.3. The molecule has 2 heterocycles. The highest BCUT2D eigenvalue weighted by Gasteiger charge is 2.43. The van der Waals surface area contributed by atoms with Crippen LogP contribution in [0.3, 0.4) is 0 Å². The predicted octanol–water partition coefficient (Wildman–Crippen LogP) is 3.01. The molecule has 0 amide bonds. The minimum absolute atomic E-state index is 0.00286. The van der Waals surface area contributed by atoms with E-state index in [4.69, 9.17) is 4.74 Å². The average molecular weight is 414 g/mol. The first-order valence-corrected chi connectivity index (χ1v) is 11.8. The van der Waals surface area contributed by atoms with Gasteiger partial charge in [0.15, 0.2) is 5.96 Å². The number of hydrogen-bond donors (Lipinski definition) is 2. The molecule has 2 aliphatic heterocycles. The van der Waals surface area contributed by atoms with E-state index in [0.717, 1.165) is 57.2 Å². The highest BCUT2D eigenvalue weighted by Crippen LogP contribution is 2.46. The number of rotatable bonds is 5. The van der Waals surface area contributed by atoms with Crippen LogP contribution in [0.1, 0.15) is 57.6 Å². The van der Waals surface area contributed by atoms with Gasteiger partial charge in [-0.1, -0.05) is 25.1 Å².